The van der Waals surface area contributed by atoms with Crippen LogP contribution < -0.4 is 0 Å². The van der Waals surface area contributed by atoms with Gasteiger partial charge >= 0.3 is 5.97 Å². The van der Waals surface area contributed by atoms with Gasteiger partial charge in [-0.2, -0.15) is 0 Å². The third kappa shape index (κ3) is 2.67. The number of benzene rings is 1. The van der Waals surface area contributed by atoms with Gasteiger partial charge in [0.15, 0.2) is 0 Å². The van der Waals surface area contributed by atoms with Crippen LogP contribution in [0, 0.1) is 5.82 Å². The van der Waals surface area contributed by atoms with E-state index in [1.807, 2.05) is 0 Å². The van der Waals surface area contributed by atoms with E-state index < -0.39 is 11.8 Å². The first-order valence-corrected chi connectivity index (χ1v) is 4.53. The molecule has 0 heterocycles. The molecule has 1 N–H and O–H groups in total. The first kappa shape index (κ1) is 10.5. The van der Waals surface area contributed by atoms with Crippen molar-refractivity contribution in [3.05, 3.63) is 33.0 Å². The summed E-state index contributed by atoms with van der Waals surface area (Å²) >= 11 is 8.50. The van der Waals surface area contributed by atoms with Gasteiger partial charge in [0.25, 0.3) is 0 Å². The normalized spacial score (nSPS) is 10.1. The highest BCUT2D eigenvalue weighted by Crippen LogP contribution is 2.25. The molecule has 0 fully saturated rings. The Hall–Kier alpha value is -0.610. The summed E-state index contributed by atoms with van der Waals surface area (Å²) in [5.74, 6) is -1.58. The second-order valence-electron chi connectivity index (χ2n) is 2.43. The Morgan fingerprint density at radius 3 is 2.77 bits per heavy atom. The summed E-state index contributed by atoms with van der Waals surface area (Å²) < 4.78 is 13.1. The minimum atomic E-state index is -1.03. The highest BCUT2D eigenvalue weighted by Gasteiger charge is 2.10. The second-order valence-corrected chi connectivity index (χ2v) is 3.66. The van der Waals surface area contributed by atoms with Crippen molar-refractivity contribution in [3.8, 4) is 0 Å². The maximum atomic E-state index is 13.0. The quantitative estimate of drug-likeness (QED) is 0.837. The number of hydrogen-bond acceptors (Lipinski definition) is 1. The highest BCUT2D eigenvalue weighted by molar-refractivity contribution is 9.10. The Morgan fingerprint density at radius 1 is 1.62 bits per heavy atom. The molecule has 0 spiro atoms. The van der Waals surface area contributed by atoms with Crippen molar-refractivity contribution in [2.75, 3.05) is 0 Å². The number of carboxylic acid groups (broad SMARTS) is 1. The Labute approximate surface area is 87.5 Å². The zero-order chi connectivity index (χ0) is 10.0. The Morgan fingerprint density at radius 2 is 2.23 bits per heavy atom. The predicted molar refractivity (Wildman–Crippen MR) is 50.4 cm³/mol. The van der Waals surface area contributed by atoms with Gasteiger partial charge in [-0.1, -0.05) is 11.6 Å². The molecule has 0 aliphatic carbocycles. The van der Waals surface area contributed by atoms with E-state index in [2.05, 4.69) is 15.9 Å². The molecule has 5 heteroatoms. The zero-order valence-electron chi connectivity index (χ0n) is 6.35. The lowest BCUT2D eigenvalue weighted by molar-refractivity contribution is -0.136. The van der Waals surface area contributed by atoms with Crippen LogP contribution in [0.3, 0.4) is 0 Å². The summed E-state index contributed by atoms with van der Waals surface area (Å²) in [5.41, 5.74) is 0.331. The van der Waals surface area contributed by atoms with Crippen molar-refractivity contribution in [3.63, 3.8) is 0 Å². The fourth-order valence-corrected chi connectivity index (χ4v) is 1.50. The van der Waals surface area contributed by atoms with Gasteiger partial charge in [-0.25, -0.2) is 4.39 Å². The van der Waals surface area contributed by atoms with Gasteiger partial charge in [-0.3, -0.25) is 4.79 Å². The van der Waals surface area contributed by atoms with E-state index in [4.69, 9.17) is 16.7 Å². The van der Waals surface area contributed by atoms with Crippen molar-refractivity contribution in [2.24, 2.45) is 0 Å². The molecule has 0 atom stereocenters. The third-order valence-electron chi connectivity index (χ3n) is 1.41. The molecule has 0 radical (unpaired) electrons. The standard InChI is InChI=1S/C8H5BrClFO2/c9-8-4(2-7(12)13)1-5(10)3-6(8)11/h1,3H,2H2,(H,12,13). The van der Waals surface area contributed by atoms with Crippen LogP contribution in [-0.4, -0.2) is 11.1 Å². The molecule has 0 aromatic heterocycles. The lowest BCUT2D eigenvalue weighted by Gasteiger charge is -2.03. The van der Waals surface area contributed by atoms with Crippen molar-refractivity contribution in [2.45, 2.75) is 6.42 Å². The topological polar surface area (TPSA) is 37.3 Å². The van der Waals surface area contributed by atoms with Gasteiger partial charge in [0.05, 0.1) is 10.9 Å². The van der Waals surface area contributed by atoms with Crippen molar-refractivity contribution >= 4 is 33.5 Å². The number of carboxylic acids is 1. The third-order valence-corrected chi connectivity index (χ3v) is 2.52. The minimum Gasteiger partial charge on any atom is -0.481 e. The number of halogens is 3. The molecule has 0 aliphatic heterocycles. The molecule has 2 nitrogen and oxygen atoms in total. The number of aliphatic carboxylic acids is 1. The summed E-state index contributed by atoms with van der Waals surface area (Å²) in [6.07, 6.45) is -0.252. The van der Waals surface area contributed by atoms with Crippen molar-refractivity contribution in [1.82, 2.24) is 0 Å². The average molecular weight is 267 g/mol. The summed E-state index contributed by atoms with van der Waals surface area (Å²) in [7, 11) is 0. The van der Waals surface area contributed by atoms with Crippen LogP contribution >= 0.6 is 27.5 Å². The van der Waals surface area contributed by atoms with Crippen molar-refractivity contribution in [1.29, 1.82) is 0 Å². The summed E-state index contributed by atoms with van der Waals surface area (Å²) in [6.45, 7) is 0. The van der Waals surface area contributed by atoms with Crippen LogP contribution in [0.25, 0.3) is 0 Å². The van der Waals surface area contributed by atoms with Crippen LogP contribution in [0.1, 0.15) is 5.56 Å². The van der Waals surface area contributed by atoms with Gasteiger partial charge in [0, 0.05) is 5.02 Å². The van der Waals surface area contributed by atoms with Crippen LogP contribution in [-0.2, 0) is 11.2 Å². The van der Waals surface area contributed by atoms with Crippen LogP contribution in [0.5, 0.6) is 0 Å². The largest absolute Gasteiger partial charge is 0.481 e. The molecule has 1 aromatic rings. The molecular weight excluding hydrogens is 262 g/mol. The molecule has 0 saturated heterocycles. The fraction of sp³-hybridized carbons (Fsp3) is 0.125. The number of rotatable bonds is 2. The maximum absolute atomic E-state index is 13.0. The molecule has 0 aliphatic rings. The van der Waals surface area contributed by atoms with Gasteiger partial charge < -0.3 is 5.11 Å². The molecule has 0 saturated carbocycles. The first-order valence-electron chi connectivity index (χ1n) is 3.36. The zero-order valence-corrected chi connectivity index (χ0v) is 8.69. The molecule has 0 amide bonds. The Balaban J connectivity index is 3.12. The summed E-state index contributed by atoms with van der Waals surface area (Å²) in [6, 6.07) is 2.54. The van der Waals surface area contributed by atoms with E-state index in [-0.39, 0.29) is 15.9 Å². The lowest BCUT2D eigenvalue weighted by atomic mass is 10.1. The van der Waals surface area contributed by atoms with E-state index in [9.17, 15) is 9.18 Å². The minimum absolute atomic E-state index is 0.152. The molecule has 13 heavy (non-hydrogen) atoms. The Bertz CT molecular complexity index is 354. The number of hydrogen-bond donors (Lipinski definition) is 1. The van der Waals surface area contributed by atoms with Crippen molar-refractivity contribution < 1.29 is 14.3 Å². The van der Waals surface area contributed by atoms with E-state index in [0.717, 1.165) is 6.07 Å². The van der Waals surface area contributed by atoms with Crippen LogP contribution in [0.2, 0.25) is 5.02 Å². The molecule has 0 bridgehead atoms. The molecule has 1 rings (SSSR count). The predicted octanol–water partition coefficient (Wildman–Crippen LogP) is 2.87. The molecule has 0 unspecified atom stereocenters. The second kappa shape index (κ2) is 4.07. The summed E-state index contributed by atoms with van der Waals surface area (Å²) in [5, 5.41) is 8.68. The Kier molecular flexibility index (Phi) is 3.27. The summed E-state index contributed by atoms with van der Waals surface area (Å²) in [4.78, 5) is 10.4. The number of carbonyl (C=O) groups is 1. The van der Waals surface area contributed by atoms with Crippen LogP contribution in [0.15, 0.2) is 16.6 Å². The smallest absolute Gasteiger partial charge is 0.307 e. The van der Waals surface area contributed by atoms with Gasteiger partial charge in [-0.15, -0.1) is 0 Å². The molecule has 70 valence electrons. The fourth-order valence-electron chi connectivity index (χ4n) is 0.901. The first-order chi connectivity index (χ1) is 6.00. The SMILES string of the molecule is O=C(O)Cc1cc(Cl)cc(F)c1Br. The lowest BCUT2D eigenvalue weighted by Crippen LogP contribution is -2.01. The highest BCUT2D eigenvalue weighted by atomic mass is 79.9. The van der Waals surface area contributed by atoms with Gasteiger partial charge in [-0.05, 0) is 33.6 Å². The maximum Gasteiger partial charge on any atom is 0.307 e. The molecular formula is C8H5BrClFO2. The average Bonchev–Trinajstić information content (AvgIpc) is 1.98. The van der Waals surface area contributed by atoms with E-state index in [0.29, 0.717) is 5.56 Å². The van der Waals surface area contributed by atoms with Gasteiger partial charge in [0.1, 0.15) is 5.82 Å². The van der Waals surface area contributed by atoms with E-state index >= 15 is 0 Å². The van der Waals surface area contributed by atoms with Crippen LogP contribution in [0.4, 0.5) is 4.39 Å². The molecule has 1 aromatic carbocycles. The van der Waals surface area contributed by atoms with E-state index in [1.165, 1.54) is 6.07 Å². The van der Waals surface area contributed by atoms with E-state index in [1.54, 1.807) is 0 Å². The van der Waals surface area contributed by atoms with Gasteiger partial charge in [0.2, 0.25) is 0 Å². The monoisotopic (exact) mass is 266 g/mol.